The predicted molar refractivity (Wildman–Crippen MR) is 143 cm³/mol. The normalized spacial score (nSPS) is 10.1. The summed E-state index contributed by atoms with van der Waals surface area (Å²) in [6, 6.07) is 39.3. The summed E-state index contributed by atoms with van der Waals surface area (Å²) >= 11 is 0. The Bertz CT molecular complexity index is 1240. The Morgan fingerprint density at radius 1 is 0.500 bits per heavy atom. The summed E-state index contributed by atoms with van der Waals surface area (Å²) in [4.78, 5) is 0. The predicted octanol–water partition coefficient (Wildman–Crippen LogP) is 9.69. The third-order valence-corrected chi connectivity index (χ3v) is 5.33. The maximum Gasteiger partial charge on any atom is -0.00196 e. The fourth-order valence-corrected chi connectivity index (χ4v) is 3.95. The first-order chi connectivity index (χ1) is 15.8. The van der Waals surface area contributed by atoms with Crippen LogP contribution in [0.3, 0.4) is 0 Å². The molecule has 32 heavy (non-hydrogen) atoms. The van der Waals surface area contributed by atoms with Crippen molar-refractivity contribution in [2.24, 2.45) is 0 Å². The van der Waals surface area contributed by atoms with Gasteiger partial charge in [-0.2, -0.15) is 0 Å². The number of hydrogen-bond donors (Lipinski definition) is 0. The average Bonchev–Trinajstić information content (AvgIpc) is 2.86. The van der Waals surface area contributed by atoms with Gasteiger partial charge in [0.1, 0.15) is 0 Å². The first-order valence-corrected chi connectivity index (χ1v) is 11.8. The van der Waals surface area contributed by atoms with E-state index in [1.54, 1.807) is 0 Å². The zero-order valence-corrected chi connectivity index (χ0v) is 19.8. The molecule has 5 aromatic rings. The second kappa shape index (κ2) is 11.9. The van der Waals surface area contributed by atoms with Crippen LogP contribution >= 0.6 is 0 Å². The van der Waals surface area contributed by atoms with E-state index in [1.165, 1.54) is 50.2 Å². The first-order valence-electron chi connectivity index (χ1n) is 11.8. The molecule has 0 heterocycles. The Morgan fingerprint density at radius 3 is 1.66 bits per heavy atom. The Morgan fingerprint density at radius 2 is 1.00 bits per heavy atom. The second-order valence-electron chi connectivity index (χ2n) is 7.75. The topological polar surface area (TPSA) is 0 Å². The van der Waals surface area contributed by atoms with Crippen LogP contribution < -0.4 is 0 Å². The number of fused-ring (bicyclic) bond motifs is 2. The van der Waals surface area contributed by atoms with Crippen molar-refractivity contribution in [3.8, 4) is 11.1 Å². The van der Waals surface area contributed by atoms with E-state index in [1.807, 2.05) is 13.8 Å². The van der Waals surface area contributed by atoms with E-state index >= 15 is 0 Å². The second-order valence-corrected chi connectivity index (χ2v) is 7.75. The zero-order chi connectivity index (χ0) is 22.8. The summed E-state index contributed by atoms with van der Waals surface area (Å²) in [7, 11) is 0. The van der Waals surface area contributed by atoms with Crippen LogP contribution in [0.25, 0.3) is 32.7 Å². The Hall–Kier alpha value is -3.38. The van der Waals surface area contributed by atoms with Crippen molar-refractivity contribution >= 4 is 21.5 Å². The van der Waals surface area contributed by atoms with E-state index < -0.39 is 0 Å². The standard InChI is InChI=1S/C27H20.C3H8.C2H6/c1-3-12-25-21(7-1)9-5-11-24(25)19-20-15-17-23(18-16-20)27-14-6-10-22-8-2-4-13-26(22)27;1-3-2;1-2/h1-18H,19H2;3H2,1-2H3;1-2H3. The highest BCUT2D eigenvalue weighted by Crippen LogP contribution is 2.29. The van der Waals surface area contributed by atoms with Gasteiger partial charge in [-0.05, 0) is 50.2 Å². The highest BCUT2D eigenvalue weighted by molar-refractivity contribution is 5.96. The van der Waals surface area contributed by atoms with E-state index in [0.717, 1.165) is 6.42 Å². The lowest BCUT2D eigenvalue weighted by Gasteiger charge is -2.10. The fraction of sp³-hybridized carbons (Fsp3) is 0.188. The molecular weight excluding hydrogens is 384 g/mol. The van der Waals surface area contributed by atoms with Gasteiger partial charge in [0.05, 0.1) is 0 Å². The molecule has 0 atom stereocenters. The molecule has 162 valence electrons. The molecule has 0 radical (unpaired) electrons. The zero-order valence-electron chi connectivity index (χ0n) is 19.8. The van der Waals surface area contributed by atoms with Crippen molar-refractivity contribution in [1.29, 1.82) is 0 Å². The van der Waals surface area contributed by atoms with Gasteiger partial charge in [0.2, 0.25) is 0 Å². The van der Waals surface area contributed by atoms with Crippen LogP contribution in [-0.2, 0) is 6.42 Å². The van der Waals surface area contributed by atoms with E-state index in [0.29, 0.717) is 0 Å². The summed E-state index contributed by atoms with van der Waals surface area (Å²) in [5.74, 6) is 0. The quantitative estimate of drug-likeness (QED) is 0.273. The maximum atomic E-state index is 2.26. The van der Waals surface area contributed by atoms with Crippen molar-refractivity contribution in [2.45, 2.75) is 40.5 Å². The average molecular weight is 419 g/mol. The van der Waals surface area contributed by atoms with Crippen LogP contribution in [-0.4, -0.2) is 0 Å². The van der Waals surface area contributed by atoms with Gasteiger partial charge in [0.25, 0.3) is 0 Å². The summed E-state index contributed by atoms with van der Waals surface area (Å²) in [6.45, 7) is 8.25. The van der Waals surface area contributed by atoms with Gasteiger partial charge in [-0.3, -0.25) is 0 Å². The number of benzene rings is 5. The van der Waals surface area contributed by atoms with Crippen LogP contribution in [0, 0.1) is 0 Å². The summed E-state index contributed by atoms with van der Waals surface area (Å²) in [5, 5.41) is 5.25. The molecule has 0 amide bonds. The molecule has 0 spiro atoms. The number of hydrogen-bond acceptors (Lipinski definition) is 0. The molecule has 0 bridgehead atoms. The first kappa shape index (κ1) is 23.3. The number of rotatable bonds is 3. The molecule has 0 fully saturated rings. The summed E-state index contributed by atoms with van der Waals surface area (Å²) in [5.41, 5.74) is 5.29. The van der Waals surface area contributed by atoms with Crippen LogP contribution in [0.5, 0.6) is 0 Å². The minimum Gasteiger partial charge on any atom is -0.0683 e. The van der Waals surface area contributed by atoms with Gasteiger partial charge in [0, 0.05) is 0 Å². The minimum atomic E-state index is 0.956. The molecule has 0 saturated heterocycles. The van der Waals surface area contributed by atoms with E-state index in [9.17, 15) is 0 Å². The van der Waals surface area contributed by atoms with Crippen LogP contribution in [0.4, 0.5) is 0 Å². The molecule has 5 rings (SSSR count). The molecule has 0 aromatic heterocycles. The Kier molecular flexibility index (Phi) is 8.63. The lowest BCUT2D eigenvalue weighted by atomic mass is 9.95. The van der Waals surface area contributed by atoms with E-state index in [2.05, 4.69) is 123 Å². The monoisotopic (exact) mass is 418 g/mol. The fourth-order valence-electron chi connectivity index (χ4n) is 3.95. The molecule has 5 aromatic carbocycles. The lowest BCUT2D eigenvalue weighted by molar-refractivity contribution is 1.09. The molecule has 0 aliphatic heterocycles. The lowest BCUT2D eigenvalue weighted by Crippen LogP contribution is -1.90. The van der Waals surface area contributed by atoms with Crippen LogP contribution in [0.1, 0.15) is 45.2 Å². The van der Waals surface area contributed by atoms with Gasteiger partial charge in [-0.1, -0.05) is 143 Å². The van der Waals surface area contributed by atoms with E-state index in [-0.39, 0.29) is 0 Å². The summed E-state index contributed by atoms with van der Waals surface area (Å²) in [6.07, 6.45) is 2.21. The van der Waals surface area contributed by atoms with Crippen LogP contribution in [0.2, 0.25) is 0 Å². The van der Waals surface area contributed by atoms with Gasteiger partial charge in [-0.25, -0.2) is 0 Å². The highest BCUT2D eigenvalue weighted by Gasteiger charge is 2.05. The molecule has 0 aliphatic carbocycles. The molecule has 0 unspecified atom stereocenters. The SMILES string of the molecule is CC.CCC.c1ccc2c(Cc3ccc(-c4cccc5ccccc45)cc3)cccc2c1. The highest BCUT2D eigenvalue weighted by atomic mass is 14.1. The van der Waals surface area contributed by atoms with Gasteiger partial charge in [-0.15, -0.1) is 0 Å². The van der Waals surface area contributed by atoms with Crippen molar-refractivity contribution in [2.75, 3.05) is 0 Å². The maximum absolute atomic E-state index is 2.26. The van der Waals surface area contributed by atoms with Gasteiger partial charge >= 0.3 is 0 Å². The molecule has 0 heteroatoms. The third kappa shape index (κ3) is 5.45. The minimum absolute atomic E-state index is 0.956. The van der Waals surface area contributed by atoms with E-state index in [4.69, 9.17) is 0 Å². The third-order valence-electron chi connectivity index (χ3n) is 5.33. The van der Waals surface area contributed by atoms with Crippen molar-refractivity contribution in [3.63, 3.8) is 0 Å². The summed E-state index contributed by atoms with van der Waals surface area (Å²) < 4.78 is 0. The molecule has 0 N–H and O–H groups in total. The molecule has 0 aliphatic rings. The van der Waals surface area contributed by atoms with Crippen LogP contribution in [0.15, 0.2) is 109 Å². The van der Waals surface area contributed by atoms with Crippen molar-refractivity contribution in [3.05, 3.63) is 120 Å². The molecule has 0 nitrogen and oxygen atoms in total. The van der Waals surface area contributed by atoms with Gasteiger partial charge < -0.3 is 0 Å². The molecule has 0 saturated carbocycles. The largest absolute Gasteiger partial charge is 0.0683 e. The van der Waals surface area contributed by atoms with Crippen molar-refractivity contribution < 1.29 is 0 Å². The van der Waals surface area contributed by atoms with Gasteiger partial charge in [0.15, 0.2) is 0 Å². The molecular formula is C32H34. The Balaban J connectivity index is 0.000000536. The van der Waals surface area contributed by atoms with Crippen molar-refractivity contribution in [1.82, 2.24) is 0 Å². The Labute approximate surface area is 193 Å². The smallest absolute Gasteiger partial charge is 0.00196 e.